The molecule has 4 rings (SSSR count). The van der Waals surface area contributed by atoms with Crippen molar-refractivity contribution in [3.8, 4) is 11.1 Å². The fourth-order valence-corrected chi connectivity index (χ4v) is 2.72. The molecule has 0 aliphatic heterocycles. The summed E-state index contributed by atoms with van der Waals surface area (Å²) in [4.78, 5) is 19.3. The van der Waals surface area contributed by atoms with Crippen LogP contribution >= 0.6 is 0 Å². The van der Waals surface area contributed by atoms with Crippen molar-refractivity contribution < 1.29 is 9.90 Å². The van der Waals surface area contributed by atoms with Crippen molar-refractivity contribution in [1.82, 2.24) is 14.4 Å². The van der Waals surface area contributed by atoms with E-state index in [0.717, 1.165) is 23.1 Å². The van der Waals surface area contributed by atoms with Gasteiger partial charge in [-0.1, -0.05) is 24.3 Å². The number of aromatic nitrogens is 3. The number of carbonyl (C=O) groups is 1. The Bertz CT molecular complexity index is 823. The molecule has 104 valence electrons. The Morgan fingerprint density at radius 1 is 1.19 bits per heavy atom. The zero-order chi connectivity index (χ0) is 14.4. The fraction of sp³-hybridized carbons (Fsp3) is 0.188. The van der Waals surface area contributed by atoms with Crippen molar-refractivity contribution >= 4 is 11.7 Å². The van der Waals surface area contributed by atoms with Gasteiger partial charge in [-0.25, -0.2) is 9.97 Å². The monoisotopic (exact) mass is 279 g/mol. The molecule has 1 N–H and O–H groups in total. The van der Waals surface area contributed by atoms with Gasteiger partial charge in [-0.15, -0.1) is 0 Å². The lowest BCUT2D eigenvalue weighted by molar-refractivity contribution is -0.138. The molecule has 2 heterocycles. The van der Waals surface area contributed by atoms with Crippen LogP contribution in [0.15, 0.2) is 49.1 Å². The topological polar surface area (TPSA) is 67.5 Å². The number of nitrogens with zero attached hydrogens (tertiary/aromatic N) is 3. The highest BCUT2D eigenvalue weighted by molar-refractivity contribution is 5.75. The second-order valence-electron chi connectivity index (χ2n) is 5.39. The third-order valence-electron chi connectivity index (χ3n) is 4.03. The second-order valence-corrected chi connectivity index (χ2v) is 5.39. The molecule has 3 aromatic rings. The highest BCUT2D eigenvalue weighted by Crippen LogP contribution is 2.47. The van der Waals surface area contributed by atoms with Crippen molar-refractivity contribution in [2.45, 2.75) is 12.3 Å². The van der Waals surface area contributed by atoms with Gasteiger partial charge in [0, 0.05) is 30.4 Å². The van der Waals surface area contributed by atoms with Crippen LogP contribution in [-0.4, -0.2) is 25.4 Å². The zero-order valence-electron chi connectivity index (χ0n) is 11.2. The molecule has 0 saturated heterocycles. The first-order valence-corrected chi connectivity index (χ1v) is 6.84. The van der Waals surface area contributed by atoms with Crippen LogP contribution in [0, 0.1) is 5.92 Å². The van der Waals surface area contributed by atoms with Crippen LogP contribution in [0.4, 0.5) is 0 Å². The Kier molecular flexibility index (Phi) is 2.54. The van der Waals surface area contributed by atoms with Gasteiger partial charge in [-0.3, -0.25) is 9.20 Å². The molecule has 0 amide bonds. The number of hydrogen-bond donors (Lipinski definition) is 1. The van der Waals surface area contributed by atoms with Gasteiger partial charge in [-0.2, -0.15) is 0 Å². The molecule has 0 spiro atoms. The van der Waals surface area contributed by atoms with E-state index in [1.54, 1.807) is 12.4 Å². The maximum atomic E-state index is 10.9. The molecule has 1 saturated carbocycles. The molecule has 1 aliphatic rings. The number of imidazole rings is 1. The summed E-state index contributed by atoms with van der Waals surface area (Å²) < 4.78 is 1.88. The van der Waals surface area contributed by atoms with Crippen LogP contribution in [0.25, 0.3) is 16.9 Å². The molecule has 5 nitrogen and oxygen atoms in total. The Morgan fingerprint density at radius 2 is 2.00 bits per heavy atom. The summed E-state index contributed by atoms with van der Waals surface area (Å²) in [7, 11) is 0. The Morgan fingerprint density at radius 3 is 2.71 bits per heavy atom. The van der Waals surface area contributed by atoms with Crippen LogP contribution in [0.2, 0.25) is 0 Å². The Labute approximate surface area is 120 Å². The van der Waals surface area contributed by atoms with Gasteiger partial charge in [-0.05, 0) is 23.5 Å². The molecule has 1 aromatic carbocycles. The lowest BCUT2D eigenvalue weighted by Gasteiger charge is -2.04. The quantitative estimate of drug-likeness (QED) is 0.800. The van der Waals surface area contributed by atoms with E-state index in [1.807, 2.05) is 41.1 Å². The van der Waals surface area contributed by atoms with E-state index in [9.17, 15) is 4.79 Å². The summed E-state index contributed by atoms with van der Waals surface area (Å²) >= 11 is 0. The van der Waals surface area contributed by atoms with Gasteiger partial charge in [0.1, 0.15) is 0 Å². The minimum atomic E-state index is -0.696. The molecule has 0 unspecified atom stereocenters. The predicted octanol–water partition coefficient (Wildman–Crippen LogP) is 2.58. The van der Waals surface area contributed by atoms with Gasteiger partial charge in [0.2, 0.25) is 5.78 Å². The molecule has 5 heteroatoms. The first kappa shape index (κ1) is 12.1. The lowest BCUT2D eigenvalue weighted by Crippen LogP contribution is -1.98. The fourth-order valence-electron chi connectivity index (χ4n) is 2.72. The average Bonchev–Trinajstić information content (AvgIpc) is 3.18. The van der Waals surface area contributed by atoms with E-state index < -0.39 is 5.97 Å². The molecule has 1 aliphatic carbocycles. The molecule has 21 heavy (non-hydrogen) atoms. The zero-order valence-corrected chi connectivity index (χ0v) is 11.2. The number of carboxylic acids is 1. The summed E-state index contributed by atoms with van der Waals surface area (Å²) in [6.07, 6.45) is 8.11. The largest absolute Gasteiger partial charge is 0.481 e. The number of hydrogen-bond acceptors (Lipinski definition) is 3. The van der Waals surface area contributed by atoms with Gasteiger partial charge in [0.05, 0.1) is 5.92 Å². The van der Waals surface area contributed by atoms with E-state index in [-0.39, 0.29) is 11.8 Å². The minimum Gasteiger partial charge on any atom is -0.481 e. The van der Waals surface area contributed by atoms with E-state index in [1.165, 1.54) is 0 Å². The van der Waals surface area contributed by atoms with Crippen molar-refractivity contribution in [2.75, 3.05) is 0 Å². The highest BCUT2D eigenvalue weighted by Gasteiger charge is 2.43. The predicted molar refractivity (Wildman–Crippen MR) is 76.9 cm³/mol. The van der Waals surface area contributed by atoms with Crippen LogP contribution < -0.4 is 0 Å². The average molecular weight is 279 g/mol. The van der Waals surface area contributed by atoms with Crippen molar-refractivity contribution in [3.05, 3.63) is 54.6 Å². The van der Waals surface area contributed by atoms with Crippen molar-refractivity contribution in [2.24, 2.45) is 5.92 Å². The van der Waals surface area contributed by atoms with Crippen LogP contribution in [0.5, 0.6) is 0 Å². The molecular formula is C16H13N3O2. The summed E-state index contributed by atoms with van der Waals surface area (Å²) in [5, 5.41) is 8.98. The number of fused-ring (bicyclic) bond motifs is 1. The SMILES string of the molecule is O=C(O)[C@H]1C[C@@H]1c1ccc(-c2cnc3nccn3c2)cc1. The Hall–Kier alpha value is -2.69. The number of rotatable bonds is 3. The number of benzene rings is 1. The minimum absolute atomic E-state index is 0.172. The molecule has 2 aromatic heterocycles. The molecule has 2 atom stereocenters. The third kappa shape index (κ3) is 2.07. The van der Waals surface area contributed by atoms with Crippen molar-refractivity contribution in [1.29, 1.82) is 0 Å². The normalized spacial score (nSPS) is 20.6. The maximum absolute atomic E-state index is 10.9. The standard InChI is InChI=1S/C16H13N3O2/c20-15(21)14-7-13(14)11-3-1-10(2-4-11)12-8-18-16-17-5-6-19(16)9-12/h1-6,8-9,13-14H,7H2,(H,20,21)/t13-,14+/m1/s1. The van der Waals surface area contributed by atoms with Crippen LogP contribution in [0.1, 0.15) is 17.9 Å². The highest BCUT2D eigenvalue weighted by atomic mass is 16.4. The lowest BCUT2D eigenvalue weighted by atomic mass is 10.0. The van der Waals surface area contributed by atoms with Crippen LogP contribution in [0.3, 0.4) is 0 Å². The van der Waals surface area contributed by atoms with Gasteiger partial charge in [0.15, 0.2) is 0 Å². The first-order chi connectivity index (χ1) is 10.2. The summed E-state index contributed by atoms with van der Waals surface area (Å²) in [5.74, 6) is -0.0536. The van der Waals surface area contributed by atoms with Crippen molar-refractivity contribution in [3.63, 3.8) is 0 Å². The molecule has 0 radical (unpaired) electrons. The van der Waals surface area contributed by atoms with Gasteiger partial charge >= 0.3 is 5.97 Å². The summed E-state index contributed by atoms with van der Waals surface area (Å²) in [6.45, 7) is 0. The van der Waals surface area contributed by atoms with E-state index in [0.29, 0.717) is 5.78 Å². The first-order valence-electron chi connectivity index (χ1n) is 6.84. The molecular weight excluding hydrogens is 266 g/mol. The number of carboxylic acid groups (broad SMARTS) is 1. The maximum Gasteiger partial charge on any atom is 0.307 e. The molecule has 1 fully saturated rings. The molecule has 0 bridgehead atoms. The summed E-state index contributed by atoms with van der Waals surface area (Å²) in [5.41, 5.74) is 3.18. The number of aliphatic carboxylic acids is 1. The van der Waals surface area contributed by atoms with E-state index in [2.05, 4.69) is 9.97 Å². The van der Waals surface area contributed by atoms with Gasteiger partial charge in [0.25, 0.3) is 0 Å². The van der Waals surface area contributed by atoms with E-state index >= 15 is 0 Å². The van der Waals surface area contributed by atoms with Crippen LogP contribution in [-0.2, 0) is 4.79 Å². The second kappa shape index (κ2) is 4.41. The van der Waals surface area contributed by atoms with Gasteiger partial charge < -0.3 is 5.11 Å². The Balaban J connectivity index is 1.62. The third-order valence-corrected chi connectivity index (χ3v) is 4.03. The smallest absolute Gasteiger partial charge is 0.307 e. The summed E-state index contributed by atoms with van der Waals surface area (Å²) in [6, 6.07) is 8.07. The van der Waals surface area contributed by atoms with E-state index in [4.69, 9.17) is 5.11 Å².